The van der Waals surface area contributed by atoms with Crippen molar-refractivity contribution < 1.29 is 14.3 Å². The summed E-state index contributed by atoms with van der Waals surface area (Å²) in [6.07, 6.45) is 6.55. The van der Waals surface area contributed by atoms with E-state index < -0.39 is 5.91 Å². The normalized spacial score (nSPS) is 20.5. The second-order valence-corrected chi connectivity index (χ2v) is 6.42. The van der Waals surface area contributed by atoms with Crippen LogP contribution in [-0.4, -0.2) is 43.1 Å². The Hall–Kier alpha value is -1.93. The molecular weight excluding hydrogens is 316 g/mol. The minimum Gasteiger partial charge on any atom is -0.378 e. The molecule has 0 aromatic carbocycles. The van der Waals surface area contributed by atoms with E-state index >= 15 is 0 Å². The molecule has 1 aromatic rings. The molecule has 1 aromatic heterocycles. The highest BCUT2D eigenvalue weighted by atomic mass is 32.1. The van der Waals surface area contributed by atoms with Gasteiger partial charge in [0.15, 0.2) is 5.13 Å². The monoisotopic (exact) mass is 336 g/mol. The Balaban J connectivity index is 1.47. The zero-order chi connectivity index (χ0) is 16.1. The average molecular weight is 336 g/mol. The first-order valence-corrected chi connectivity index (χ1v) is 8.64. The molecule has 0 radical (unpaired) electrons. The van der Waals surface area contributed by atoms with Gasteiger partial charge in [0.25, 0.3) is 5.91 Å². The number of nitrogens with one attached hydrogen (secondary N) is 2. The number of hydrazine groups is 1. The molecule has 0 spiro atoms. The highest BCUT2D eigenvalue weighted by Gasteiger charge is 2.18. The summed E-state index contributed by atoms with van der Waals surface area (Å²) < 4.78 is 5.30. The number of anilines is 1. The molecule has 2 N–H and O–H groups in total. The van der Waals surface area contributed by atoms with Gasteiger partial charge in [-0.05, 0) is 18.8 Å². The van der Waals surface area contributed by atoms with E-state index in [1.165, 1.54) is 11.3 Å². The molecule has 124 valence electrons. The first kappa shape index (κ1) is 15.9. The van der Waals surface area contributed by atoms with Crippen LogP contribution in [0, 0.1) is 5.92 Å². The standard InChI is InChI=1S/C15H20N4O3S/c20-13(9-11-3-1-2-4-11)17-18-14(21)12-10-23-15(16-12)19-5-7-22-8-6-19/h1,3,10-11H,2,4-9H2,(H,17,20)(H,18,21). The molecular formula is C15H20N4O3S. The number of rotatable bonds is 4. The Labute approximate surface area is 138 Å². The highest BCUT2D eigenvalue weighted by Crippen LogP contribution is 2.21. The number of carbonyl (C=O) groups excluding carboxylic acids is 2. The Morgan fingerprint density at radius 3 is 2.91 bits per heavy atom. The molecule has 1 fully saturated rings. The number of hydrogen-bond acceptors (Lipinski definition) is 6. The maximum Gasteiger partial charge on any atom is 0.289 e. The van der Waals surface area contributed by atoms with Crippen LogP contribution in [0.1, 0.15) is 29.8 Å². The lowest BCUT2D eigenvalue weighted by atomic mass is 10.1. The summed E-state index contributed by atoms with van der Waals surface area (Å²) in [6.45, 7) is 2.90. The SMILES string of the molecule is O=C(CC1C=CCC1)NNC(=O)c1csc(N2CCOCC2)n1. The lowest BCUT2D eigenvalue weighted by Gasteiger charge is -2.25. The fourth-order valence-corrected chi connectivity index (χ4v) is 3.47. The van der Waals surface area contributed by atoms with Crippen molar-refractivity contribution in [3.8, 4) is 0 Å². The van der Waals surface area contributed by atoms with Gasteiger partial charge in [0, 0.05) is 24.9 Å². The molecule has 1 atom stereocenters. The Bertz CT molecular complexity index is 595. The summed E-state index contributed by atoms with van der Waals surface area (Å²) in [5.41, 5.74) is 5.20. The molecule has 8 heteroatoms. The number of amides is 2. The molecule has 1 aliphatic carbocycles. The van der Waals surface area contributed by atoms with Crippen molar-refractivity contribution >= 4 is 28.3 Å². The number of allylic oxidation sites excluding steroid dienone is 2. The molecule has 7 nitrogen and oxygen atoms in total. The van der Waals surface area contributed by atoms with Crippen LogP contribution in [0.3, 0.4) is 0 Å². The van der Waals surface area contributed by atoms with Gasteiger partial charge in [-0.1, -0.05) is 12.2 Å². The van der Waals surface area contributed by atoms with Crippen molar-refractivity contribution in [2.45, 2.75) is 19.3 Å². The number of thiazole rings is 1. The molecule has 23 heavy (non-hydrogen) atoms. The summed E-state index contributed by atoms with van der Waals surface area (Å²) in [5, 5.41) is 2.51. The quantitative estimate of drug-likeness (QED) is 0.635. The smallest absolute Gasteiger partial charge is 0.289 e. The van der Waals surface area contributed by atoms with Crippen LogP contribution in [0.5, 0.6) is 0 Å². The van der Waals surface area contributed by atoms with Gasteiger partial charge in [-0.2, -0.15) is 0 Å². The second kappa shape index (κ2) is 7.56. The van der Waals surface area contributed by atoms with Gasteiger partial charge in [0.1, 0.15) is 5.69 Å². The minimum atomic E-state index is -0.393. The largest absolute Gasteiger partial charge is 0.378 e. The van der Waals surface area contributed by atoms with Crippen LogP contribution >= 0.6 is 11.3 Å². The van der Waals surface area contributed by atoms with Gasteiger partial charge in [0.05, 0.1) is 13.2 Å². The predicted octanol–water partition coefficient (Wildman–Crippen LogP) is 1.10. The van der Waals surface area contributed by atoms with E-state index in [4.69, 9.17) is 4.74 Å². The third-order valence-electron chi connectivity index (χ3n) is 3.88. The summed E-state index contributed by atoms with van der Waals surface area (Å²) >= 11 is 1.42. The molecule has 2 heterocycles. The van der Waals surface area contributed by atoms with Crippen molar-refractivity contribution in [2.75, 3.05) is 31.2 Å². The van der Waals surface area contributed by atoms with Gasteiger partial charge < -0.3 is 9.64 Å². The van der Waals surface area contributed by atoms with Crippen LogP contribution in [0.25, 0.3) is 0 Å². The number of aromatic nitrogens is 1. The first-order chi connectivity index (χ1) is 11.2. The molecule has 1 unspecified atom stereocenters. The molecule has 2 amide bonds. The van der Waals surface area contributed by atoms with E-state index in [2.05, 4.69) is 32.9 Å². The van der Waals surface area contributed by atoms with Crippen molar-refractivity contribution in [2.24, 2.45) is 5.92 Å². The van der Waals surface area contributed by atoms with Crippen molar-refractivity contribution in [1.29, 1.82) is 0 Å². The fraction of sp³-hybridized carbons (Fsp3) is 0.533. The summed E-state index contributed by atoms with van der Waals surface area (Å²) in [4.78, 5) is 30.3. The minimum absolute atomic E-state index is 0.182. The first-order valence-electron chi connectivity index (χ1n) is 7.76. The molecule has 3 rings (SSSR count). The number of nitrogens with zero attached hydrogens (tertiary/aromatic N) is 2. The maximum absolute atomic E-state index is 12.0. The van der Waals surface area contributed by atoms with Crippen LogP contribution in [-0.2, 0) is 9.53 Å². The van der Waals surface area contributed by atoms with E-state index in [0.29, 0.717) is 25.3 Å². The summed E-state index contributed by atoms with van der Waals surface area (Å²) in [5.74, 6) is -0.297. The zero-order valence-corrected chi connectivity index (χ0v) is 13.6. The number of hydrogen-bond donors (Lipinski definition) is 2. The number of morpholine rings is 1. The van der Waals surface area contributed by atoms with Gasteiger partial charge in [-0.25, -0.2) is 4.98 Å². The van der Waals surface area contributed by atoms with E-state index in [0.717, 1.165) is 31.1 Å². The lowest BCUT2D eigenvalue weighted by molar-refractivity contribution is -0.122. The maximum atomic E-state index is 12.0. The van der Waals surface area contributed by atoms with Gasteiger partial charge >= 0.3 is 0 Å². The lowest BCUT2D eigenvalue weighted by Crippen LogP contribution is -2.42. The summed E-state index contributed by atoms with van der Waals surface area (Å²) in [6, 6.07) is 0. The summed E-state index contributed by atoms with van der Waals surface area (Å²) in [7, 11) is 0. The number of carbonyl (C=O) groups is 2. The third kappa shape index (κ3) is 4.29. The topological polar surface area (TPSA) is 83.6 Å². The van der Waals surface area contributed by atoms with Crippen molar-refractivity contribution in [3.63, 3.8) is 0 Å². The van der Waals surface area contributed by atoms with Crippen LogP contribution in [0.15, 0.2) is 17.5 Å². The Kier molecular flexibility index (Phi) is 5.24. The zero-order valence-electron chi connectivity index (χ0n) is 12.8. The van der Waals surface area contributed by atoms with Crippen LogP contribution < -0.4 is 15.8 Å². The van der Waals surface area contributed by atoms with Crippen LogP contribution in [0.4, 0.5) is 5.13 Å². The molecule has 1 saturated heterocycles. The molecule has 1 aliphatic heterocycles. The van der Waals surface area contributed by atoms with E-state index in [1.54, 1.807) is 5.38 Å². The van der Waals surface area contributed by atoms with Gasteiger partial charge in [-0.3, -0.25) is 20.4 Å². The molecule has 0 saturated carbocycles. The number of ether oxygens (including phenoxy) is 1. The van der Waals surface area contributed by atoms with E-state index in [1.807, 2.05) is 0 Å². The van der Waals surface area contributed by atoms with Gasteiger partial charge in [-0.15, -0.1) is 11.3 Å². The highest BCUT2D eigenvalue weighted by molar-refractivity contribution is 7.13. The predicted molar refractivity (Wildman–Crippen MR) is 87.2 cm³/mol. The Morgan fingerprint density at radius 2 is 2.17 bits per heavy atom. The van der Waals surface area contributed by atoms with Crippen LogP contribution in [0.2, 0.25) is 0 Å². The second-order valence-electron chi connectivity index (χ2n) is 5.59. The van der Waals surface area contributed by atoms with Crippen molar-refractivity contribution in [3.05, 3.63) is 23.2 Å². The Morgan fingerprint density at radius 1 is 1.35 bits per heavy atom. The van der Waals surface area contributed by atoms with E-state index in [9.17, 15) is 9.59 Å². The molecule has 2 aliphatic rings. The van der Waals surface area contributed by atoms with Crippen molar-refractivity contribution in [1.82, 2.24) is 15.8 Å². The fourth-order valence-electron chi connectivity index (χ4n) is 2.61. The third-order valence-corrected chi connectivity index (χ3v) is 4.78. The van der Waals surface area contributed by atoms with E-state index in [-0.39, 0.29) is 11.8 Å². The molecule has 0 bridgehead atoms. The average Bonchev–Trinajstić information content (AvgIpc) is 3.25. The van der Waals surface area contributed by atoms with Gasteiger partial charge in [0.2, 0.25) is 5.91 Å².